The lowest BCUT2D eigenvalue weighted by Crippen LogP contribution is -2.35. The summed E-state index contributed by atoms with van der Waals surface area (Å²) >= 11 is 7.90. The van der Waals surface area contributed by atoms with Crippen molar-refractivity contribution in [1.29, 1.82) is 5.41 Å². The van der Waals surface area contributed by atoms with Gasteiger partial charge in [0.15, 0.2) is 17.3 Å². The van der Waals surface area contributed by atoms with E-state index >= 15 is 0 Å². The molecular weight excluding hydrogens is 624 g/mol. The van der Waals surface area contributed by atoms with Gasteiger partial charge in [-0.15, -0.1) is 0 Å². The van der Waals surface area contributed by atoms with Crippen LogP contribution in [0.15, 0.2) is 76.3 Å². The number of hydrazone groups is 1. The third-order valence-electron chi connectivity index (χ3n) is 7.08. The first-order valence-electron chi connectivity index (χ1n) is 15.4. The van der Waals surface area contributed by atoms with Crippen LogP contribution in [0.5, 0.6) is 23.0 Å². The van der Waals surface area contributed by atoms with Gasteiger partial charge in [-0.25, -0.2) is 0 Å². The third-order valence-corrected chi connectivity index (χ3v) is 8.32. The number of aliphatic imine (C=N–C) groups is 1. The van der Waals surface area contributed by atoms with Crippen molar-refractivity contribution in [3.05, 3.63) is 87.9 Å². The first-order valence-corrected chi connectivity index (χ1v) is 16.6. The number of rotatable bonds is 15. The van der Waals surface area contributed by atoms with Gasteiger partial charge in [-0.3, -0.25) is 10.2 Å². The molecule has 0 aliphatic carbocycles. The average Bonchev–Trinajstić information content (AvgIpc) is 3.47. The highest BCUT2D eigenvalue weighted by atomic mass is 35.5. The molecule has 0 atom stereocenters. The number of nitrogens with one attached hydrogen (secondary N) is 1. The van der Waals surface area contributed by atoms with Gasteiger partial charge in [-0.1, -0.05) is 67.6 Å². The summed E-state index contributed by atoms with van der Waals surface area (Å²) in [5.74, 6) is 1.72. The van der Waals surface area contributed by atoms with Crippen molar-refractivity contribution in [1.82, 2.24) is 5.01 Å². The zero-order valence-electron chi connectivity index (χ0n) is 26.2. The molecule has 2 heterocycles. The van der Waals surface area contributed by atoms with Crippen molar-refractivity contribution in [2.75, 3.05) is 26.4 Å². The van der Waals surface area contributed by atoms with E-state index in [1.165, 1.54) is 36.0 Å². The maximum Gasteiger partial charge on any atom is 0.283 e. The number of hydrogen-bond acceptors (Lipinski definition) is 8. The maximum atomic E-state index is 13.0. The van der Waals surface area contributed by atoms with Gasteiger partial charge in [0.2, 0.25) is 5.17 Å². The molecule has 0 bridgehead atoms. The van der Waals surface area contributed by atoms with Crippen LogP contribution < -0.4 is 18.9 Å². The number of hydrogen-bond donors (Lipinski definition) is 1. The quantitative estimate of drug-likeness (QED) is 0.130. The number of nitrogens with zero attached hydrogens (tertiary/aromatic N) is 3. The molecule has 11 heteroatoms. The zero-order chi connectivity index (χ0) is 32.5. The number of carbonyl (C=O) groups is 1. The largest absolute Gasteiger partial charge is 0.494 e. The number of benzene rings is 3. The minimum atomic E-state index is -0.526. The Kier molecular flexibility index (Phi) is 11.4. The summed E-state index contributed by atoms with van der Waals surface area (Å²) in [6.45, 7) is 7.66. The molecule has 0 unspecified atom stereocenters. The molecule has 0 spiro atoms. The second kappa shape index (κ2) is 15.8. The summed E-state index contributed by atoms with van der Waals surface area (Å²) in [5.41, 5.74) is 2.67. The number of fused-ring (bicyclic) bond motifs is 1. The molecule has 2 aliphatic rings. The summed E-state index contributed by atoms with van der Waals surface area (Å²) in [6, 6.07) is 18.8. The van der Waals surface area contributed by atoms with Gasteiger partial charge < -0.3 is 18.9 Å². The first-order chi connectivity index (χ1) is 22.4. The smallest absolute Gasteiger partial charge is 0.283 e. The van der Waals surface area contributed by atoms with Gasteiger partial charge >= 0.3 is 0 Å². The molecule has 0 aromatic heterocycles. The van der Waals surface area contributed by atoms with E-state index in [1.54, 1.807) is 18.2 Å². The summed E-state index contributed by atoms with van der Waals surface area (Å²) < 4.78 is 23.4. The van der Waals surface area contributed by atoms with Crippen molar-refractivity contribution in [2.45, 2.75) is 46.5 Å². The normalized spacial score (nSPS) is 15.0. The van der Waals surface area contributed by atoms with Crippen molar-refractivity contribution in [3.63, 3.8) is 0 Å². The van der Waals surface area contributed by atoms with E-state index in [-0.39, 0.29) is 24.6 Å². The number of aryl methyl sites for hydroxylation is 1. The van der Waals surface area contributed by atoms with E-state index in [4.69, 9.17) is 36.0 Å². The fourth-order valence-electron chi connectivity index (χ4n) is 4.70. The van der Waals surface area contributed by atoms with E-state index in [0.29, 0.717) is 51.3 Å². The Balaban J connectivity index is 1.21. The maximum absolute atomic E-state index is 13.0. The minimum Gasteiger partial charge on any atom is -0.494 e. The lowest BCUT2D eigenvalue weighted by molar-refractivity contribution is -0.114. The Hall–Kier alpha value is -4.28. The van der Waals surface area contributed by atoms with Gasteiger partial charge in [0.1, 0.15) is 29.8 Å². The summed E-state index contributed by atoms with van der Waals surface area (Å²) in [7, 11) is 0. The SMILES string of the molecule is CCCCCCOc1ccc(OCCOc2c(Cl)cc(/C=C3/C(=N)N4N=C(c5ccc(C)cc5)SC4=NC3=O)cc2OCC)cc1. The molecule has 3 aromatic carbocycles. The monoisotopic (exact) mass is 660 g/mol. The third kappa shape index (κ3) is 8.30. The molecular formula is C35H37ClN4O5S. The number of halogens is 1. The molecule has 46 heavy (non-hydrogen) atoms. The summed E-state index contributed by atoms with van der Waals surface area (Å²) in [5, 5.41) is 16.0. The van der Waals surface area contributed by atoms with Crippen LogP contribution in [-0.2, 0) is 4.79 Å². The molecule has 0 fully saturated rings. The summed E-state index contributed by atoms with van der Waals surface area (Å²) in [4.78, 5) is 17.2. The van der Waals surface area contributed by atoms with Crippen LogP contribution in [0.2, 0.25) is 5.02 Å². The molecule has 3 aromatic rings. The van der Waals surface area contributed by atoms with E-state index in [0.717, 1.165) is 23.3 Å². The zero-order valence-corrected chi connectivity index (χ0v) is 27.7. The highest BCUT2D eigenvalue weighted by Crippen LogP contribution is 2.38. The van der Waals surface area contributed by atoms with Crippen LogP contribution in [0.3, 0.4) is 0 Å². The Bertz CT molecular complexity index is 1650. The molecule has 5 rings (SSSR count). The Morgan fingerprint density at radius 3 is 2.28 bits per heavy atom. The molecule has 0 saturated carbocycles. The van der Waals surface area contributed by atoms with E-state index in [2.05, 4.69) is 17.0 Å². The fraction of sp³-hybridized carbons (Fsp3) is 0.314. The highest BCUT2D eigenvalue weighted by molar-refractivity contribution is 8.27. The van der Waals surface area contributed by atoms with E-state index < -0.39 is 5.91 Å². The molecule has 240 valence electrons. The fourth-order valence-corrected chi connectivity index (χ4v) is 5.87. The van der Waals surface area contributed by atoms with Crippen LogP contribution in [0.4, 0.5) is 0 Å². The van der Waals surface area contributed by atoms with Crippen LogP contribution >= 0.6 is 23.4 Å². The second-order valence-electron chi connectivity index (χ2n) is 10.6. The van der Waals surface area contributed by atoms with Crippen LogP contribution in [0.25, 0.3) is 6.08 Å². The molecule has 1 N–H and O–H groups in total. The van der Waals surface area contributed by atoms with Crippen molar-refractivity contribution >= 4 is 51.4 Å². The summed E-state index contributed by atoms with van der Waals surface area (Å²) in [6.07, 6.45) is 6.22. The Morgan fingerprint density at radius 1 is 0.891 bits per heavy atom. The average molecular weight is 661 g/mol. The van der Waals surface area contributed by atoms with Gasteiger partial charge in [0, 0.05) is 5.56 Å². The van der Waals surface area contributed by atoms with Crippen LogP contribution in [-0.4, -0.2) is 53.4 Å². The van der Waals surface area contributed by atoms with Gasteiger partial charge in [0.25, 0.3) is 5.91 Å². The van der Waals surface area contributed by atoms with Crippen LogP contribution in [0.1, 0.15) is 56.2 Å². The number of thioether (sulfide) groups is 1. The van der Waals surface area contributed by atoms with Crippen molar-refractivity contribution < 1.29 is 23.7 Å². The number of ether oxygens (including phenoxy) is 4. The standard InChI is InChI=1S/C35H37ClN4O5S/c1-4-6-7-8-17-43-26-13-15-27(16-14-26)44-18-19-45-31-29(36)21-24(22-30(31)42-5-2)20-28-32(37)40-35(38-33(28)41)46-34(39-40)25-11-9-23(3)10-12-25/h9-16,20-22,37H,4-8,17-19H2,1-3H3/b28-20-,37-32?. The van der Waals surface area contributed by atoms with E-state index in [9.17, 15) is 4.79 Å². The first kappa shape index (κ1) is 33.1. The van der Waals surface area contributed by atoms with Gasteiger partial charge in [-0.2, -0.15) is 15.1 Å². The molecule has 2 aliphatic heterocycles. The number of unbranched alkanes of at least 4 members (excludes halogenated alkanes) is 3. The topological polar surface area (TPSA) is 106 Å². The van der Waals surface area contributed by atoms with Crippen molar-refractivity contribution in [3.8, 4) is 23.0 Å². The predicted octanol–water partition coefficient (Wildman–Crippen LogP) is 8.13. The predicted molar refractivity (Wildman–Crippen MR) is 185 cm³/mol. The van der Waals surface area contributed by atoms with Gasteiger partial charge in [0.05, 0.1) is 23.8 Å². The number of amides is 1. The molecule has 0 saturated heterocycles. The Morgan fingerprint density at radius 2 is 1.59 bits per heavy atom. The van der Waals surface area contributed by atoms with Crippen molar-refractivity contribution in [2.24, 2.45) is 10.1 Å². The van der Waals surface area contributed by atoms with E-state index in [1.807, 2.05) is 62.4 Å². The second-order valence-corrected chi connectivity index (χ2v) is 12.0. The number of carbonyl (C=O) groups excluding carboxylic acids is 1. The molecule has 9 nitrogen and oxygen atoms in total. The molecule has 1 amide bonds. The van der Waals surface area contributed by atoms with Gasteiger partial charge in [-0.05, 0) is 80.1 Å². The minimum absolute atomic E-state index is 0.0669. The molecule has 0 radical (unpaired) electrons. The Labute approximate surface area is 278 Å². The van der Waals surface area contributed by atoms with Crippen LogP contribution in [0, 0.1) is 12.3 Å². The number of amidine groups is 2. The lowest BCUT2D eigenvalue weighted by Gasteiger charge is -2.20. The lowest BCUT2D eigenvalue weighted by atomic mass is 10.1. The highest BCUT2D eigenvalue weighted by Gasteiger charge is 2.36.